The standard InChI is InChI=1S/C20H15FN2O2/c1-2-25-20-14-9-5-4-8-13(14)19(24)17-18(20)23-16(22-17)11-12-7-3-6-10-15(12)21/h3-10H,2,11H2,1H3. The summed E-state index contributed by atoms with van der Waals surface area (Å²) in [7, 11) is 0. The van der Waals surface area contributed by atoms with Crippen molar-refractivity contribution in [2.45, 2.75) is 13.3 Å². The molecule has 0 N–H and O–H groups in total. The molecule has 0 saturated carbocycles. The van der Waals surface area contributed by atoms with Crippen LogP contribution in [-0.4, -0.2) is 23.9 Å². The van der Waals surface area contributed by atoms with Crippen LogP contribution >= 0.6 is 0 Å². The summed E-state index contributed by atoms with van der Waals surface area (Å²) >= 11 is 0. The monoisotopic (exact) mass is 334 g/mol. The topological polar surface area (TPSA) is 51.0 Å². The molecular weight excluding hydrogens is 319 g/mol. The van der Waals surface area contributed by atoms with Gasteiger partial charge in [0.15, 0.2) is 5.76 Å². The van der Waals surface area contributed by atoms with Crippen molar-refractivity contribution in [1.29, 1.82) is 0 Å². The van der Waals surface area contributed by atoms with Crippen LogP contribution in [0.2, 0.25) is 0 Å². The quantitative estimate of drug-likeness (QED) is 0.853. The number of amidine groups is 1. The van der Waals surface area contributed by atoms with Gasteiger partial charge in [-0.05, 0) is 18.6 Å². The van der Waals surface area contributed by atoms with E-state index in [9.17, 15) is 9.18 Å². The van der Waals surface area contributed by atoms with Crippen LogP contribution in [0, 0.1) is 5.82 Å². The Balaban J connectivity index is 1.80. The molecule has 2 aliphatic rings. The normalized spacial score (nSPS) is 15.5. The molecule has 0 aromatic heterocycles. The van der Waals surface area contributed by atoms with E-state index in [1.54, 1.807) is 24.3 Å². The summed E-state index contributed by atoms with van der Waals surface area (Å²) in [4.78, 5) is 21.6. The van der Waals surface area contributed by atoms with Gasteiger partial charge in [-0.15, -0.1) is 0 Å². The molecule has 2 aromatic rings. The van der Waals surface area contributed by atoms with Crippen LogP contribution in [0.1, 0.15) is 28.4 Å². The van der Waals surface area contributed by atoms with E-state index in [0.29, 0.717) is 35.0 Å². The molecule has 1 aliphatic heterocycles. The summed E-state index contributed by atoms with van der Waals surface area (Å²) in [5.74, 6) is 0.476. The lowest BCUT2D eigenvalue weighted by Crippen LogP contribution is -2.22. The lowest BCUT2D eigenvalue weighted by Gasteiger charge is -2.19. The molecule has 25 heavy (non-hydrogen) atoms. The number of aliphatic imine (C=N–C) groups is 2. The SMILES string of the molecule is CCOC1=C2N=C(Cc3ccccc3F)N=C2C(=O)c2ccccc21. The first-order valence-electron chi connectivity index (χ1n) is 8.10. The highest BCUT2D eigenvalue weighted by atomic mass is 19.1. The molecule has 2 aromatic carbocycles. The first-order chi connectivity index (χ1) is 12.2. The molecule has 4 nitrogen and oxygen atoms in total. The van der Waals surface area contributed by atoms with Gasteiger partial charge in [0, 0.05) is 17.5 Å². The minimum atomic E-state index is -0.311. The number of ketones is 1. The minimum Gasteiger partial charge on any atom is -0.491 e. The van der Waals surface area contributed by atoms with E-state index in [-0.39, 0.29) is 23.7 Å². The van der Waals surface area contributed by atoms with E-state index in [1.807, 2.05) is 25.1 Å². The molecule has 0 fully saturated rings. The zero-order valence-corrected chi connectivity index (χ0v) is 13.6. The molecule has 5 heteroatoms. The molecule has 4 rings (SSSR count). The number of fused-ring (bicyclic) bond motifs is 2. The number of ether oxygens (including phenoxy) is 1. The second-order valence-electron chi connectivity index (χ2n) is 5.74. The number of halogens is 1. The highest BCUT2D eigenvalue weighted by Gasteiger charge is 2.35. The molecule has 1 aliphatic carbocycles. The van der Waals surface area contributed by atoms with Crippen molar-refractivity contribution in [2.75, 3.05) is 6.61 Å². The van der Waals surface area contributed by atoms with Crippen molar-refractivity contribution in [1.82, 2.24) is 0 Å². The molecule has 1 heterocycles. The van der Waals surface area contributed by atoms with Crippen LogP contribution in [0.5, 0.6) is 0 Å². The van der Waals surface area contributed by atoms with Crippen molar-refractivity contribution in [3.8, 4) is 0 Å². The first kappa shape index (κ1) is 15.4. The van der Waals surface area contributed by atoms with Gasteiger partial charge in [0.25, 0.3) is 0 Å². The summed E-state index contributed by atoms with van der Waals surface area (Å²) in [6.07, 6.45) is 0.225. The molecule has 0 atom stereocenters. The van der Waals surface area contributed by atoms with Gasteiger partial charge in [0.1, 0.15) is 23.1 Å². The second kappa shape index (κ2) is 6.09. The van der Waals surface area contributed by atoms with Crippen molar-refractivity contribution in [3.63, 3.8) is 0 Å². The fourth-order valence-corrected chi connectivity index (χ4v) is 3.02. The smallest absolute Gasteiger partial charge is 0.214 e. The van der Waals surface area contributed by atoms with Crippen LogP contribution in [0.15, 0.2) is 64.2 Å². The molecule has 124 valence electrons. The summed E-state index contributed by atoms with van der Waals surface area (Å²) in [5.41, 5.74) is 2.48. The Morgan fingerprint density at radius 1 is 1.00 bits per heavy atom. The van der Waals surface area contributed by atoms with Crippen LogP contribution in [0.3, 0.4) is 0 Å². The Bertz CT molecular complexity index is 973. The zero-order valence-electron chi connectivity index (χ0n) is 13.6. The average Bonchev–Trinajstić information content (AvgIpc) is 3.05. The molecular formula is C20H15FN2O2. The fraction of sp³-hybridized carbons (Fsp3) is 0.150. The predicted molar refractivity (Wildman–Crippen MR) is 94.3 cm³/mol. The van der Waals surface area contributed by atoms with Crippen molar-refractivity contribution >= 4 is 23.1 Å². The molecule has 0 spiro atoms. The Hall–Kier alpha value is -3.08. The van der Waals surface area contributed by atoms with Crippen LogP contribution in [0.4, 0.5) is 4.39 Å². The predicted octanol–water partition coefficient (Wildman–Crippen LogP) is 3.82. The van der Waals surface area contributed by atoms with Gasteiger partial charge in [-0.3, -0.25) is 4.79 Å². The highest BCUT2D eigenvalue weighted by molar-refractivity contribution is 6.56. The highest BCUT2D eigenvalue weighted by Crippen LogP contribution is 2.34. The Morgan fingerprint density at radius 3 is 2.48 bits per heavy atom. The van der Waals surface area contributed by atoms with E-state index in [4.69, 9.17) is 4.74 Å². The van der Waals surface area contributed by atoms with Crippen molar-refractivity contribution < 1.29 is 13.9 Å². The van der Waals surface area contributed by atoms with Gasteiger partial charge in [0.2, 0.25) is 5.78 Å². The summed E-state index contributed by atoms with van der Waals surface area (Å²) in [5, 5.41) is 0. The van der Waals surface area contributed by atoms with Crippen LogP contribution in [-0.2, 0) is 11.2 Å². The third-order valence-corrected chi connectivity index (χ3v) is 4.15. The van der Waals surface area contributed by atoms with Gasteiger partial charge < -0.3 is 4.74 Å². The number of hydrogen-bond acceptors (Lipinski definition) is 4. The third kappa shape index (κ3) is 2.58. The van der Waals surface area contributed by atoms with Gasteiger partial charge in [-0.25, -0.2) is 14.4 Å². The number of allylic oxidation sites excluding steroid dienone is 1. The molecule has 0 saturated heterocycles. The lowest BCUT2D eigenvalue weighted by atomic mass is 9.91. The number of carbonyl (C=O) groups is 1. The Morgan fingerprint density at radius 2 is 1.72 bits per heavy atom. The van der Waals surface area contributed by atoms with Crippen LogP contribution in [0.25, 0.3) is 5.76 Å². The summed E-state index contributed by atoms with van der Waals surface area (Å²) in [6.45, 7) is 2.33. The lowest BCUT2D eigenvalue weighted by molar-refractivity contribution is 0.106. The average molecular weight is 334 g/mol. The van der Waals surface area contributed by atoms with E-state index >= 15 is 0 Å². The maximum absolute atomic E-state index is 13.9. The van der Waals surface area contributed by atoms with Gasteiger partial charge >= 0.3 is 0 Å². The third-order valence-electron chi connectivity index (χ3n) is 4.15. The maximum Gasteiger partial charge on any atom is 0.214 e. The number of Topliss-reactive ketones (excluding diaryl/α,β-unsaturated/α-hetero) is 1. The minimum absolute atomic E-state index is 0.179. The second-order valence-corrected chi connectivity index (χ2v) is 5.74. The number of carbonyl (C=O) groups excluding carboxylic acids is 1. The van der Waals surface area contributed by atoms with Crippen LogP contribution < -0.4 is 0 Å². The number of rotatable bonds is 4. The number of nitrogens with zero attached hydrogens (tertiary/aromatic N) is 2. The zero-order chi connectivity index (χ0) is 17.4. The molecule has 0 unspecified atom stereocenters. The van der Waals surface area contributed by atoms with Gasteiger partial charge in [-0.2, -0.15) is 0 Å². The molecule has 0 amide bonds. The largest absolute Gasteiger partial charge is 0.491 e. The number of benzene rings is 2. The summed E-state index contributed by atoms with van der Waals surface area (Å²) in [6, 6.07) is 13.7. The molecule has 0 radical (unpaired) electrons. The van der Waals surface area contributed by atoms with Gasteiger partial charge in [0.05, 0.1) is 6.61 Å². The Kier molecular flexibility index (Phi) is 3.76. The van der Waals surface area contributed by atoms with E-state index in [0.717, 1.165) is 5.56 Å². The van der Waals surface area contributed by atoms with Gasteiger partial charge in [-0.1, -0.05) is 42.5 Å². The van der Waals surface area contributed by atoms with Crippen molar-refractivity contribution in [2.24, 2.45) is 9.98 Å². The summed E-state index contributed by atoms with van der Waals surface area (Å²) < 4.78 is 19.7. The fourth-order valence-electron chi connectivity index (χ4n) is 3.02. The Labute approximate surface area is 144 Å². The van der Waals surface area contributed by atoms with E-state index in [1.165, 1.54) is 6.07 Å². The first-order valence-corrected chi connectivity index (χ1v) is 8.10. The van der Waals surface area contributed by atoms with Crippen molar-refractivity contribution in [3.05, 3.63) is 76.7 Å². The number of hydrogen-bond donors (Lipinski definition) is 0. The van der Waals surface area contributed by atoms with E-state index < -0.39 is 0 Å². The maximum atomic E-state index is 13.9. The molecule has 0 bridgehead atoms. The van der Waals surface area contributed by atoms with E-state index in [2.05, 4.69) is 9.98 Å².